The Kier molecular flexibility index (Phi) is 10.1. The molecule has 2 atom stereocenters. The summed E-state index contributed by atoms with van der Waals surface area (Å²) < 4.78 is 0. The highest BCUT2D eigenvalue weighted by Gasteiger charge is 2.15. The number of benzene rings is 2. The molecule has 2 N–H and O–H groups in total. The maximum atomic E-state index is 10.8. The van der Waals surface area contributed by atoms with Crippen LogP contribution in [0, 0.1) is 34.8 Å². The Labute approximate surface area is 216 Å². The molecule has 0 saturated carbocycles. The van der Waals surface area contributed by atoms with E-state index in [1.54, 1.807) is 36.4 Å². The monoisotopic (exact) mass is 526 g/mol. The number of halogens is 2. The standard InChI is InChI=1S/C28H32Cl2O2Si2/c1-33(2,3)17-7-9-27(31)25-19-23(29)15-13-21(25)11-12-22-14-16-24(30)20-26(22)28(32)10-8-18-34(4,5)6/h13-16,19-20,27-28,31-32H,9-10H2,1-6H3. The third-order valence-corrected chi connectivity index (χ3v) is 6.92. The average molecular weight is 528 g/mol. The van der Waals surface area contributed by atoms with Crippen molar-refractivity contribution in [2.75, 3.05) is 0 Å². The second kappa shape index (κ2) is 12.1. The largest absolute Gasteiger partial charge is 0.387 e. The molecule has 2 aromatic rings. The van der Waals surface area contributed by atoms with Crippen LogP contribution in [0.5, 0.6) is 0 Å². The number of hydrogen-bond acceptors (Lipinski definition) is 2. The molecule has 0 bridgehead atoms. The molecule has 2 aromatic carbocycles. The highest BCUT2D eigenvalue weighted by atomic mass is 35.5. The lowest BCUT2D eigenvalue weighted by molar-refractivity contribution is 0.183. The lowest BCUT2D eigenvalue weighted by Crippen LogP contribution is -2.16. The summed E-state index contributed by atoms with van der Waals surface area (Å²) in [7, 11) is -3.04. The molecule has 34 heavy (non-hydrogen) atoms. The molecule has 0 aliphatic heterocycles. The van der Waals surface area contributed by atoms with Gasteiger partial charge in [0.05, 0.1) is 12.2 Å². The predicted octanol–water partition coefficient (Wildman–Crippen LogP) is 7.00. The van der Waals surface area contributed by atoms with Gasteiger partial charge in [0.25, 0.3) is 0 Å². The summed E-state index contributed by atoms with van der Waals surface area (Å²) in [4.78, 5) is 0. The zero-order valence-electron chi connectivity index (χ0n) is 20.7. The number of hydrogen-bond donors (Lipinski definition) is 2. The molecule has 178 valence electrons. The second-order valence-corrected chi connectivity index (χ2v) is 20.6. The Morgan fingerprint density at radius 3 is 1.35 bits per heavy atom. The van der Waals surface area contributed by atoms with E-state index >= 15 is 0 Å². The minimum absolute atomic E-state index is 0.319. The number of rotatable bonds is 4. The summed E-state index contributed by atoms with van der Waals surface area (Å²) in [5.74, 6) is 12.5. The molecule has 2 unspecified atom stereocenters. The highest BCUT2D eigenvalue weighted by Crippen LogP contribution is 2.26. The first-order valence-corrected chi connectivity index (χ1v) is 19.0. The van der Waals surface area contributed by atoms with Crippen LogP contribution in [-0.4, -0.2) is 26.4 Å². The Morgan fingerprint density at radius 1 is 0.676 bits per heavy atom. The molecule has 6 heteroatoms. The second-order valence-electron chi connectivity index (χ2n) is 10.3. The van der Waals surface area contributed by atoms with E-state index in [9.17, 15) is 10.2 Å². The topological polar surface area (TPSA) is 40.5 Å². The van der Waals surface area contributed by atoms with Crippen LogP contribution in [0.1, 0.15) is 47.3 Å². The van der Waals surface area contributed by atoms with Crippen molar-refractivity contribution in [3.05, 3.63) is 68.7 Å². The van der Waals surface area contributed by atoms with E-state index in [4.69, 9.17) is 23.2 Å². The molecule has 0 heterocycles. The van der Waals surface area contributed by atoms with Crippen molar-refractivity contribution in [2.45, 2.75) is 64.3 Å². The molecule has 0 radical (unpaired) electrons. The fourth-order valence-corrected chi connectivity index (χ4v) is 4.65. The molecule has 0 aliphatic rings. The van der Waals surface area contributed by atoms with Gasteiger partial charge in [-0.3, -0.25) is 0 Å². The van der Waals surface area contributed by atoms with Crippen LogP contribution in [0.3, 0.4) is 0 Å². The van der Waals surface area contributed by atoms with Gasteiger partial charge in [0, 0.05) is 34.0 Å². The van der Waals surface area contributed by atoms with Crippen molar-refractivity contribution >= 4 is 39.3 Å². The maximum absolute atomic E-state index is 10.8. The van der Waals surface area contributed by atoms with Crippen LogP contribution in [0.15, 0.2) is 36.4 Å². The normalized spacial score (nSPS) is 12.9. The summed E-state index contributed by atoms with van der Waals surface area (Å²) in [5.41, 5.74) is 9.17. The zero-order chi connectivity index (χ0) is 25.5. The molecule has 0 fully saturated rings. The molecule has 0 aromatic heterocycles. The van der Waals surface area contributed by atoms with Gasteiger partial charge in [0.15, 0.2) is 0 Å². The Bertz CT molecular complexity index is 1110. The van der Waals surface area contributed by atoms with Gasteiger partial charge in [-0.25, -0.2) is 0 Å². The van der Waals surface area contributed by atoms with E-state index in [1.807, 2.05) is 0 Å². The van der Waals surface area contributed by atoms with Crippen molar-refractivity contribution in [1.82, 2.24) is 0 Å². The van der Waals surface area contributed by atoms with Gasteiger partial charge < -0.3 is 10.2 Å². The third kappa shape index (κ3) is 9.73. The maximum Gasteiger partial charge on any atom is 0.129 e. The van der Waals surface area contributed by atoms with Crippen molar-refractivity contribution in [1.29, 1.82) is 0 Å². The predicted molar refractivity (Wildman–Crippen MR) is 150 cm³/mol. The Hall–Kier alpha value is -1.95. The van der Waals surface area contributed by atoms with Gasteiger partial charge in [-0.05, 0) is 47.5 Å². The lowest BCUT2D eigenvalue weighted by atomic mass is 9.98. The van der Waals surface area contributed by atoms with Crippen LogP contribution in [-0.2, 0) is 0 Å². The van der Waals surface area contributed by atoms with Crippen molar-refractivity contribution in [2.24, 2.45) is 0 Å². The van der Waals surface area contributed by atoms with Crippen LogP contribution >= 0.6 is 23.2 Å². The first kappa shape index (κ1) is 28.3. The highest BCUT2D eigenvalue weighted by molar-refractivity contribution is 6.84. The van der Waals surface area contributed by atoms with E-state index < -0.39 is 28.4 Å². The molecule has 2 rings (SSSR count). The molecule has 0 aliphatic carbocycles. The number of aliphatic hydroxyl groups excluding tert-OH is 2. The van der Waals surface area contributed by atoms with Gasteiger partial charge >= 0.3 is 0 Å². The summed E-state index contributed by atoms with van der Waals surface area (Å²) in [6.07, 6.45) is -0.946. The quantitative estimate of drug-likeness (QED) is 0.332. The molecular formula is C28H32Cl2O2Si2. The molecular weight excluding hydrogens is 495 g/mol. The van der Waals surface area contributed by atoms with E-state index in [0.717, 1.165) is 0 Å². The Balaban J connectivity index is 2.39. The SMILES string of the molecule is C[Si](C)(C)C#CCC(O)c1cc(Cl)ccc1C#Cc1ccc(Cl)cc1C(O)CC#C[Si](C)(C)C. The molecule has 0 spiro atoms. The van der Waals surface area contributed by atoms with Crippen LogP contribution in [0.2, 0.25) is 49.3 Å². The number of aliphatic hydroxyl groups is 2. The average Bonchev–Trinajstić information content (AvgIpc) is 2.71. The minimum Gasteiger partial charge on any atom is -0.387 e. The fourth-order valence-electron chi connectivity index (χ4n) is 3.03. The summed E-state index contributed by atoms with van der Waals surface area (Å²) >= 11 is 12.4. The van der Waals surface area contributed by atoms with Crippen molar-refractivity contribution in [3.8, 4) is 34.8 Å². The summed E-state index contributed by atoms with van der Waals surface area (Å²) in [6, 6.07) is 10.6. The van der Waals surface area contributed by atoms with E-state index in [2.05, 4.69) is 74.1 Å². The molecule has 2 nitrogen and oxygen atoms in total. The van der Waals surface area contributed by atoms with Crippen molar-refractivity contribution in [3.63, 3.8) is 0 Å². The summed E-state index contributed by atoms with van der Waals surface area (Å²) in [6.45, 7) is 13.0. The first-order chi connectivity index (χ1) is 15.7. The summed E-state index contributed by atoms with van der Waals surface area (Å²) in [5, 5.41) is 22.6. The molecule has 0 saturated heterocycles. The Morgan fingerprint density at radius 2 is 1.03 bits per heavy atom. The minimum atomic E-state index is -1.52. The van der Waals surface area contributed by atoms with E-state index in [-0.39, 0.29) is 0 Å². The van der Waals surface area contributed by atoms with Gasteiger partial charge in [0.1, 0.15) is 16.1 Å². The van der Waals surface area contributed by atoms with Crippen LogP contribution in [0.25, 0.3) is 0 Å². The van der Waals surface area contributed by atoms with Gasteiger partial charge in [-0.15, -0.1) is 22.9 Å². The van der Waals surface area contributed by atoms with E-state index in [1.165, 1.54) is 0 Å². The van der Waals surface area contributed by atoms with Gasteiger partial charge in [0.2, 0.25) is 0 Å². The van der Waals surface area contributed by atoms with Crippen molar-refractivity contribution < 1.29 is 10.2 Å². The van der Waals surface area contributed by atoms with Crippen LogP contribution < -0.4 is 0 Å². The molecule has 0 amide bonds. The van der Waals surface area contributed by atoms with Gasteiger partial charge in [-0.1, -0.05) is 74.3 Å². The third-order valence-electron chi connectivity index (χ3n) is 4.59. The van der Waals surface area contributed by atoms with Gasteiger partial charge in [-0.2, -0.15) is 0 Å². The van der Waals surface area contributed by atoms with E-state index in [0.29, 0.717) is 45.1 Å². The van der Waals surface area contributed by atoms with Crippen LogP contribution in [0.4, 0.5) is 0 Å². The zero-order valence-corrected chi connectivity index (χ0v) is 24.2. The lowest BCUT2D eigenvalue weighted by Gasteiger charge is -2.12. The smallest absolute Gasteiger partial charge is 0.129 e. The first-order valence-electron chi connectivity index (χ1n) is 11.2. The fraction of sp³-hybridized carbons (Fsp3) is 0.357.